The van der Waals surface area contributed by atoms with Crippen molar-refractivity contribution in [3.05, 3.63) is 64.7 Å². The van der Waals surface area contributed by atoms with Gasteiger partial charge >= 0.3 is 0 Å². The summed E-state index contributed by atoms with van der Waals surface area (Å²) in [7, 11) is 4.36. The Kier molecular flexibility index (Phi) is 8.40. The third-order valence-corrected chi connectivity index (χ3v) is 6.99. The number of hydrogen-bond acceptors (Lipinski definition) is 4. The Hall–Kier alpha value is -2.37. The van der Waals surface area contributed by atoms with Crippen LogP contribution in [0.1, 0.15) is 59.2 Å². The molecule has 2 heterocycles. The fourth-order valence-corrected chi connectivity index (χ4v) is 4.90. The molecule has 2 aromatic rings. The van der Waals surface area contributed by atoms with E-state index in [0.717, 1.165) is 88.3 Å². The first-order valence-corrected chi connectivity index (χ1v) is 12.6. The molecule has 4 rings (SSSR count). The Balaban J connectivity index is 1.49. The minimum Gasteiger partial charge on any atom is -0.493 e. The van der Waals surface area contributed by atoms with Crippen LogP contribution < -0.4 is 10.1 Å². The summed E-state index contributed by atoms with van der Waals surface area (Å²) >= 11 is 0. The summed E-state index contributed by atoms with van der Waals surface area (Å²) in [6.07, 6.45) is 6.47. The monoisotopic (exact) mass is 449 g/mol. The van der Waals surface area contributed by atoms with E-state index < -0.39 is 0 Å². The van der Waals surface area contributed by atoms with Crippen LogP contribution in [-0.2, 0) is 13.0 Å². The van der Waals surface area contributed by atoms with E-state index in [4.69, 9.17) is 4.74 Å². The standard InChI is InChI=1S/C28H39N3O2/c1-30-14-11-22(12-15-30)20-29-28(32)25-9-10-27-26(19-25)18-23-7-6-8-24(17-23)21-31(2)13-4-3-5-16-33-27/h6-10,17,19,22H,3-5,11-16,18,20-21H2,1-2H3,(H,29,32). The summed E-state index contributed by atoms with van der Waals surface area (Å²) in [6.45, 7) is 5.79. The molecule has 1 amide bonds. The topological polar surface area (TPSA) is 44.8 Å². The van der Waals surface area contributed by atoms with E-state index in [0.29, 0.717) is 5.92 Å². The molecular weight excluding hydrogens is 410 g/mol. The van der Waals surface area contributed by atoms with Gasteiger partial charge in [-0.3, -0.25) is 4.79 Å². The lowest BCUT2D eigenvalue weighted by molar-refractivity contribution is 0.0939. The lowest BCUT2D eigenvalue weighted by Crippen LogP contribution is -2.36. The van der Waals surface area contributed by atoms with Gasteiger partial charge in [-0.2, -0.15) is 0 Å². The number of fused-ring (bicyclic) bond motifs is 3. The average molecular weight is 450 g/mol. The number of nitrogens with zero attached hydrogens (tertiary/aromatic N) is 2. The predicted octanol–water partition coefficient (Wildman–Crippen LogP) is 4.34. The summed E-state index contributed by atoms with van der Waals surface area (Å²) in [5, 5.41) is 3.18. The molecule has 33 heavy (non-hydrogen) atoms. The molecule has 2 bridgehead atoms. The van der Waals surface area contributed by atoms with Crippen molar-refractivity contribution < 1.29 is 9.53 Å². The van der Waals surface area contributed by atoms with Crippen molar-refractivity contribution in [2.45, 2.75) is 45.1 Å². The van der Waals surface area contributed by atoms with Crippen LogP contribution in [0.2, 0.25) is 0 Å². The Morgan fingerprint density at radius 2 is 1.79 bits per heavy atom. The van der Waals surface area contributed by atoms with Crippen LogP contribution >= 0.6 is 0 Å². The van der Waals surface area contributed by atoms with Gasteiger partial charge in [0.2, 0.25) is 0 Å². The van der Waals surface area contributed by atoms with Crippen LogP contribution in [0, 0.1) is 5.92 Å². The highest BCUT2D eigenvalue weighted by Crippen LogP contribution is 2.25. The second-order valence-electron chi connectivity index (χ2n) is 9.92. The summed E-state index contributed by atoms with van der Waals surface area (Å²) in [6, 6.07) is 14.7. The van der Waals surface area contributed by atoms with Crippen LogP contribution in [0.25, 0.3) is 0 Å². The molecule has 0 aromatic heterocycles. The van der Waals surface area contributed by atoms with E-state index in [-0.39, 0.29) is 5.91 Å². The Bertz CT molecular complexity index is 921. The highest BCUT2D eigenvalue weighted by molar-refractivity contribution is 5.94. The third kappa shape index (κ3) is 7.05. The van der Waals surface area contributed by atoms with Gasteiger partial charge in [-0.05, 0) is 107 Å². The summed E-state index contributed by atoms with van der Waals surface area (Å²) in [5.74, 6) is 1.50. The first-order valence-electron chi connectivity index (χ1n) is 12.6. The maximum Gasteiger partial charge on any atom is 0.251 e. The fraction of sp³-hybridized carbons (Fsp3) is 0.536. The molecule has 2 aliphatic heterocycles. The SMILES string of the molecule is CN1CCC(CNC(=O)c2ccc3c(c2)Cc2cccc(c2)CN(C)CCCCCO3)CC1. The van der Waals surface area contributed by atoms with Gasteiger partial charge in [0.25, 0.3) is 5.91 Å². The number of likely N-dealkylation sites (tertiary alicyclic amines) is 1. The molecule has 0 saturated carbocycles. The second kappa shape index (κ2) is 11.7. The smallest absolute Gasteiger partial charge is 0.251 e. The molecule has 1 N–H and O–H groups in total. The zero-order valence-corrected chi connectivity index (χ0v) is 20.3. The van der Waals surface area contributed by atoms with Crippen molar-refractivity contribution in [2.24, 2.45) is 5.92 Å². The van der Waals surface area contributed by atoms with Crippen molar-refractivity contribution in [1.82, 2.24) is 15.1 Å². The molecule has 178 valence electrons. The fourth-order valence-electron chi connectivity index (χ4n) is 4.90. The van der Waals surface area contributed by atoms with E-state index in [2.05, 4.69) is 53.5 Å². The van der Waals surface area contributed by atoms with E-state index in [1.807, 2.05) is 18.2 Å². The summed E-state index contributed by atoms with van der Waals surface area (Å²) < 4.78 is 6.18. The average Bonchev–Trinajstić information content (AvgIpc) is 2.81. The van der Waals surface area contributed by atoms with Crippen LogP contribution in [-0.4, -0.2) is 62.6 Å². The number of benzene rings is 2. The maximum atomic E-state index is 12.9. The van der Waals surface area contributed by atoms with Crippen molar-refractivity contribution in [1.29, 1.82) is 0 Å². The van der Waals surface area contributed by atoms with Gasteiger partial charge in [0.15, 0.2) is 0 Å². The molecule has 0 atom stereocenters. The van der Waals surface area contributed by atoms with Gasteiger partial charge in [-0.15, -0.1) is 0 Å². The van der Waals surface area contributed by atoms with Gasteiger partial charge in [0.05, 0.1) is 6.61 Å². The number of carbonyl (C=O) groups excluding carboxylic acids is 1. The molecule has 2 aromatic carbocycles. The molecular formula is C28H39N3O2. The first kappa shape index (κ1) is 23.8. The lowest BCUT2D eigenvalue weighted by atomic mass is 9.97. The number of amides is 1. The van der Waals surface area contributed by atoms with E-state index >= 15 is 0 Å². The largest absolute Gasteiger partial charge is 0.493 e. The molecule has 5 nitrogen and oxygen atoms in total. The number of hydrogen-bond donors (Lipinski definition) is 1. The number of piperidine rings is 1. The van der Waals surface area contributed by atoms with E-state index in [1.165, 1.54) is 17.5 Å². The van der Waals surface area contributed by atoms with Gasteiger partial charge in [-0.1, -0.05) is 24.3 Å². The molecule has 0 aliphatic carbocycles. The molecule has 5 heteroatoms. The van der Waals surface area contributed by atoms with E-state index in [9.17, 15) is 4.79 Å². The highest BCUT2D eigenvalue weighted by atomic mass is 16.5. The number of carbonyl (C=O) groups is 1. The zero-order valence-electron chi connectivity index (χ0n) is 20.3. The number of rotatable bonds is 3. The number of nitrogens with one attached hydrogen (secondary N) is 1. The van der Waals surface area contributed by atoms with Crippen molar-refractivity contribution in [3.8, 4) is 5.75 Å². The second-order valence-corrected chi connectivity index (χ2v) is 9.92. The molecule has 0 unspecified atom stereocenters. The molecule has 1 saturated heterocycles. The van der Waals surface area contributed by atoms with Crippen molar-refractivity contribution in [2.75, 3.05) is 46.9 Å². The number of ether oxygens (including phenoxy) is 1. The van der Waals surface area contributed by atoms with Crippen LogP contribution in [0.4, 0.5) is 0 Å². The minimum absolute atomic E-state index is 0.0199. The van der Waals surface area contributed by atoms with Crippen LogP contribution in [0.5, 0.6) is 5.75 Å². The van der Waals surface area contributed by atoms with Gasteiger partial charge < -0.3 is 19.9 Å². The quantitative estimate of drug-likeness (QED) is 0.757. The van der Waals surface area contributed by atoms with E-state index in [1.54, 1.807) is 0 Å². The molecule has 0 radical (unpaired) electrons. The summed E-state index contributed by atoms with van der Waals surface area (Å²) in [4.78, 5) is 17.7. The third-order valence-electron chi connectivity index (χ3n) is 6.99. The zero-order chi connectivity index (χ0) is 23.0. The van der Waals surface area contributed by atoms with Gasteiger partial charge in [-0.25, -0.2) is 0 Å². The Labute approximate surface area is 199 Å². The highest BCUT2D eigenvalue weighted by Gasteiger charge is 2.18. The molecule has 0 spiro atoms. The molecule has 2 aliphatic rings. The van der Waals surface area contributed by atoms with Crippen LogP contribution in [0.15, 0.2) is 42.5 Å². The van der Waals surface area contributed by atoms with Gasteiger partial charge in [0, 0.05) is 25.1 Å². The Morgan fingerprint density at radius 1 is 0.970 bits per heavy atom. The van der Waals surface area contributed by atoms with Crippen LogP contribution in [0.3, 0.4) is 0 Å². The molecule has 1 fully saturated rings. The van der Waals surface area contributed by atoms with Gasteiger partial charge in [0.1, 0.15) is 5.75 Å². The van der Waals surface area contributed by atoms with Crippen molar-refractivity contribution in [3.63, 3.8) is 0 Å². The normalized spacial score (nSPS) is 19.2. The first-order chi connectivity index (χ1) is 16.1. The minimum atomic E-state index is 0.0199. The Morgan fingerprint density at radius 3 is 2.64 bits per heavy atom. The predicted molar refractivity (Wildman–Crippen MR) is 134 cm³/mol. The summed E-state index contributed by atoms with van der Waals surface area (Å²) in [5.41, 5.74) is 4.40. The maximum absolute atomic E-state index is 12.9. The lowest BCUT2D eigenvalue weighted by Gasteiger charge is -2.28. The van der Waals surface area contributed by atoms with Crippen molar-refractivity contribution >= 4 is 5.91 Å².